The molecule has 0 aliphatic carbocycles. The summed E-state index contributed by atoms with van der Waals surface area (Å²) < 4.78 is 5.24. The van der Waals surface area contributed by atoms with Crippen molar-refractivity contribution in [3.05, 3.63) is 29.8 Å². The van der Waals surface area contributed by atoms with Crippen molar-refractivity contribution in [2.24, 2.45) is 5.92 Å². The second-order valence-corrected chi connectivity index (χ2v) is 6.99. The molecule has 0 amide bonds. The van der Waals surface area contributed by atoms with Crippen molar-refractivity contribution in [1.29, 1.82) is 0 Å². The van der Waals surface area contributed by atoms with E-state index in [1.807, 2.05) is 12.1 Å². The van der Waals surface area contributed by atoms with Gasteiger partial charge in [-0.1, -0.05) is 12.1 Å². The smallest absolute Gasteiger partial charge is 0.341 e. The Hall–Kier alpha value is -1.63. The van der Waals surface area contributed by atoms with Crippen molar-refractivity contribution >= 4 is 5.97 Å². The first kappa shape index (κ1) is 18.2. The number of hydrogen-bond donors (Lipinski definition) is 3. The van der Waals surface area contributed by atoms with Gasteiger partial charge in [0.05, 0.1) is 0 Å². The molecular formula is C19H29N3O3. The fourth-order valence-corrected chi connectivity index (χ4v) is 3.89. The van der Waals surface area contributed by atoms with Crippen LogP contribution in [0.1, 0.15) is 24.3 Å². The van der Waals surface area contributed by atoms with Crippen LogP contribution >= 0.6 is 0 Å². The Balaban J connectivity index is 1.56. The van der Waals surface area contributed by atoms with E-state index in [0.717, 1.165) is 39.3 Å². The highest BCUT2D eigenvalue weighted by Gasteiger charge is 2.27. The van der Waals surface area contributed by atoms with Crippen molar-refractivity contribution in [1.82, 2.24) is 15.5 Å². The highest BCUT2D eigenvalue weighted by molar-refractivity contribution is 5.68. The van der Waals surface area contributed by atoms with E-state index in [1.54, 1.807) is 0 Å². The van der Waals surface area contributed by atoms with Gasteiger partial charge in [-0.3, -0.25) is 0 Å². The van der Waals surface area contributed by atoms with E-state index >= 15 is 0 Å². The summed E-state index contributed by atoms with van der Waals surface area (Å²) in [5.41, 5.74) is 1.32. The summed E-state index contributed by atoms with van der Waals surface area (Å²) in [5, 5.41) is 15.6. The number of hydrogen-bond acceptors (Lipinski definition) is 5. The van der Waals surface area contributed by atoms with Crippen molar-refractivity contribution in [2.75, 3.05) is 52.4 Å². The summed E-state index contributed by atoms with van der Waals surface area (Å²) in [6.07, 6.45) is 2.46. The van der Waals surface area contributed by atoms with Crippen LogP contribution in [0.5, 0.6) is 5.75 Å². The van der Waals surface area contributed by atoms with Gasteiger partial charge in [0.2, 0.25) is 0 Å². The molecule has 2 aliphatic rings. The molecule has 0 saturated carbocycles. The van der Waals surface area contributed by atoms with E-state index in [4.69, 9.17) is 9.84 Å². The van der Waals surface area contributed by atoms with Crippen molar-refractivity contribution < 1.29 is 14.6 Å². The number of nitrogens with one attached hydrogen (secondary N) is 2. The molecule has 138 valence electrons. The first-order valence-electron chi connectivity index (χ1n) is 9.31. The predicted molar refractivity (Wildman–Crippen MR) is 97.2 cm³/mol. The third kappa shape index (κ3) is 5.42. The summed E-state index contributed by atoms with van der Waals surface area (Å²) in [5.74, 6) is 0.882. The molecule has 2 fully saturated rings. The summed E-state index contributed by atoms with van der Waals surface area (Å²) >= 11 is 0. The van der Waals surface area contributed by atoms with Crippen LogP contribution in [0.3, 0.4) is 0 Å². The van der Waals surface area contributed by atoms with Gasteiger partial charge in [-0.2, -0.15) is 0 Å². The number of carboxylic acid groups (broad SMARTS) is 1. The van der Waals surface area contributed by atoms with Gasteiger partial charge in [0.15, 0.2) is 6.61 Å². The highest BCUT2D eigenvalue weighted by Crippen LogP contribution is 2.32. The standard InChI is InChI=1S/C19H29N3O3/c23-19(24)14-25-17-3-1-15(2-4-17)18-13-21-7-5-16(18)6-10-22-11-8-20-9-12-22/h1-4,16,18,20-21H,5-14H2,(H,23,24). The lowest BCUT2D eigenvalue weighted by Gasteiger charge is -2.35. The second-order valence-electron chi connectivity index (χ2n) is 6.99. The van der Waals surface area contributed by atoms with E-state index in [2.05, 4.69) is 27.7 Å². The van der Waals surface area contributed by atoms with Crippen LogP contribution in [0.4, 0.5) is 0 Å². The average Bonchev–Trinajstić information content (AvgIpc) is 2.66. The van der Waals surface area contributed by atoms with Crippen LogP contribution in [-0.2, 0) is 4.79 Å². The topological polar surface area (TPSA) is 73.8 Å². The maximum Gasteiger partial charge on any atom is 0.341 e. The van der Waals surface area contributed by atoms with Crippen LogP contribution < -0.4 is 15.4 Å². The number of carbonyl (C=O) groups is 1. The number of rotatable bonds is 7. The molecule has 6 heteroatoms. The predicted octanol–water partition coefficient (Wildman–Crippen LogP) is 1.14. The number of piperazine rings is 1. The van der Waals surface area contributed by atoms with E-state index in [1.165, 1.54) is 24.9 Å². The lowest BCUT2D eigenvalue weighted by atomic mass is 9.79. The Bertz CT molecular complexity index is 543. The molecule has 2 heterocycles. The van der Waals surface area contributed by atoms with E-state index in [0.29, 0.717) is 17.6 Å². The molecule has 2 aliphatic heterocycles. The zero-order valence-corrected chi connectivity index (χ0v) is 14.7. The fourth-order valence-electron chi connectivity index (χ4n) is 3.89. The summed E-state index contributed by atoms with van der Waals surface area (Å²) in [7, 11) is 0. The molecule has 1 aromatic rings. The van der Waals surface area contributed by atoms with Gasteiger partial charge in [-0.25, -0.2) is 4.79 Å². The van der Waals surface area contributed by atoms with E-state index in [9.17, 15) is 4.79 Å². The van der Waals surface area contributed by atoms with Gasteiger partial charge in [-0.15, -0.1) is 0 Å². The minimum atomic E-state index is -0.950. The molecule has 3 N–H and O–H groups in total. The van der Waals surface area contributed by atoms with Crippen LogP contribution in [0.25, 0.3) is 0 Å². The number of benzene rings is 1. The zero-order chi connectivity index (χ0) is 17.5. The van der Waals surface area contributed by atoms with Crippen LogP contribution in [0.15, 0.2) is 24.3 Å². The number of nitrogens with zero attached hydrogens (tertiary/aromatic N) is 1. The Morgan fingerprint density at radius 2 is 1.92 bits per heavy atom. The maximum absolute atomic E-state index is 10.6. The number of carboxylic acids is 1. The van der Waals surface area contributed by atoms with Gasteiger partial charge >= 0.3 is 5.97 Å². The molecule has 1 aromatic carbocycles. The number of aliphatic carboxylic acids is 1. The zero-order valence-electron chi connectivity index (χ0n) is 14.7. The number of piperidine rings is 1. The van der Waals surface area contributed by atoms with Gasteiger partial charge in [-0.05, 0) is 55.5 Å². The summed E-state index contributed by atoms with van der Waals surface area (Å²) in [4.78, 5) is 13.2. The van der Waals surface area contributed by atoms with Gasteiger partial charge in [0, 0.05) is 32.7 Å². The van der Waals surface area contributed by atoms with Crippen molar-refractivity contribution in [2.45, 2.75) is 18.8 Å². The van der Waals surface area contributed by atoms with Gasteiger partial charge < -0.3 is 25.4 Å². The van der Waals surface area contributed by atoms with Crippen molar-refractivity contribution in [3.63, 3.8) is 0 Å². The highest BCUT2D eigenvalue weighted by atomic mass is 16.5. The Kier molecular flexibility index (Phi) is 6.67. The first-order chi connectivity index (χ1) is 12.2. The normalized spacial score (nSPS) is 24.8. The molecule has 0 bridgehead atoms. The molecule has 6 nitrogen and oxygen atoms in total. The van der Waals surface area contributed by atoms with Crippen LogP contribution in [0, 0.1) is 5.92 Å². The molecule has 0 radical (unpaired) electrons. The minimum absolute atomic E-state index is 0.294. The molecule has 3 rings (SSSR count). The molecule has 0 aromatic heterocycles. The molecular weight excluding hydrogens is 318 g/mol. The van der Waals surface area contributed by atoms with Gasteiger partial charge in [0.25, 0.3) is 0 Å². The summed E-state index contributed by atoms with van der Waals surface area (Å²) in [6, 6.07) is 7.96. The maximum atomic E-state index is 10.6. The third-order valence-electron chi connectivity index (χ3n) is 5.32. The van der Waals surface area contributed by atoms with Crippen LogP contribution in [-0.4, -0.2) is 68.4 Å². The second kappa shape index (κ2) is 9.17. The molecule has 2 atom stereocenters. The molecule has 2 unspecified atom stereocenters. The van der Waals surface area contributed by atoms with E-state index in [-0.39, 0.29) is 6.61 Å². The van der Waals surface area contributed by atoms with Gasteiger partial charge in [0.1, 0.15) is 5.75 Å². The Labute approximate surface area is 149 Å². The average molecular weight is 347 g/mol. The third-order valence-corrected chi connectivity index (χ3v) is 5.32. The summed E-state index contributed by atoms with van der Waals surface area (Å²) in [6.45, 7) is 7.53. The molecule has 0 spiro atoms. The first-order valence-corrected chi connectivity index (χ1v) is 9.31. The lowest BCUT2D eigenvalue weighted by Crippen LogP contribution is -2.45. The minimum Gasteiger partial charge on any atom is -0.482 e. The fraction of sp³-hybridized carbons (Fsp3) is 0.632. The quantitative estimate of drug-likeness (QED) is 0.687. The number of ether oxygens (including phenoxy) is 1. The monoisotopic (exact) mass is 347 g/mol. The molecule has 2 saturated heterocycles. The lowest BCUT2D eigenvalue weighted by molar-refractivity contribution is -0.139. The van der Waals surface area contributed by atoms with Crippen LogP contribution in [0.2, 0.25) is 0 Å². The Morgan fingerprint density at radius 1 is 1.16 bits per heavy atom. The molecule has 25 heavy (non-hydrogen) atoms. The Morgan fingerprint density at radius 3 is 2.64 bits per heavy atom. The SMILES string of the molecule is O=C(O)COc1ccc(C2CNCCC2CCN2CCNCC2)cc1. The largest absolute Gasteiger partial charge is 0.482 e. The van der Waals surface area contributed by atoms with Crippen molar-refractivity contribution in [3.8, 4) is 5.75 Å². The van der Waals surface area contributed by atoms with E-state index < -0.39 is 5.97 Å².